The van der Waals surface area contributed by atoms with Gasteiger partial charge in [-0.25, -0.2) is 8.42 Å². The summed E-state index contributed by atoms with van der Waals surface area (Å²) in [7, 11) is -3.78. The van der Waals surface area contributed by atoms with Crippen molar-refractivity contribution in [2.45, 2.75) is 44.0 Å². The zero-order valence-corrected chi connectivity index (χ0v) is 17.3. The lowest BCUT2D eigenvalue weighted by molar-refractivity contribution is -0.120. The van der Waals surface area contributed by atoms with Crippen LogP contribution in [-0.4, -0.2) is 19.9 Å². The van der Waals surface area contributed by atoms with Crippen molar-refractivity contribution < 1.29 is 13.2 Å². The van der Waals surface area contributed by atoms with E-state index in [1.54, 1.807) is 56.3 Å². The van der Waals surface area contributed by atoms with Gasteiger partial charge in [-0.3, -0.25) is 9.52 Å². The summed E-state index contributed by atoms with van der Waals surface area (Å²) in [4.78, 5) is 12.5. The number of rotatable bonds is 7. The highest BCUT2D eigenvalue weighted by molar-refractivity contribution is 7.92. The molecule has 4 N–H and O–H groups in total. The fourth-order valence-electron chi connectivity index (χ4n) is 2.59. The maximum absolute atomic E-state index is 12.7. The number of hydrogen-bond acceptors (Lipinski definition) is 4. The summed E-state index contributed by atoms with van der Waals surface area (Å²) in [5.74, 6) is -0.345. The zero-order valence-electron chi connectivity index (χ0n) is 15.7. The van der Waals surface area contributed by atoms with E-state index < -0.39 is 15.6 Å². The van der Waals surface area contributed by atoms with Crippen LogP contribution in [0.25, 0.3) is 0 Å². The molecule has 27 heavy (non-hydrogen) atoms. The highest BCUT2D eigenvalue weighted by atomic mass is 35.5. The molecule has 2 aromatic carbocycles. The van der Waals surface area contributed by atoms with Gasteiger partial charge in [-0.05, 0) is 50.1 Å². The van der Waals surface area contributed by atoms with Gasteiger partial charge in [0.05, 0.1) is 10.4 Å². The Morgan fingerprint density at radius 1 is 1.11 bits per heavy atom. The van der Waals surface area contributed by atoms with Crippen molar-refractivity contribution in [2.24, 2.45) is 5.73 Å². The molecule has 0 heterocycles. The Morgan fingerprint density at radius 2 is 1.74 bits per heavy atom. The van der Waals surface area contributed by atoms with Crippen molar-refractivity contribution in [3.05, 3.63) is 54.1 Å². The molecular formula is C19H26ClN3O3S. The van der Waals surface area contributed by atoms with Crippen molar-refractivity contribution in [2.75, 3.05) is 10.0 Å². The summed E-state index contributed by atoms with van der Waals surface area (Å²) < 4.78 is 28.0. The van der Waals surface area contributed by atoms with E-state index in [4.69, 9.17) is 5.73 Å². The molecule has 8 heteroatoms. The summed E-state index contributed by atoms with van der Waals surface area (Å²) in [5.41, 5.74) is 6.46. The van der Waals surface area contributed by atoms with E-state index in [0.29, 0.717) is 23.4 Å². The van der Waals surface area contributed by atoms with Gasteiger partial charge in [0.2, 0.25) is 5.91 Å². The Morgan fingerprint density at radius 3 is 2.33 bits per heavy atom. The quantitative estimate of drug-likeness (QED) is 0.646. The molecule has 0 aromatic heterocycles. The second-order valence-electron chi connectivity index (χ2n) is 6.57. The maximum Gasteiger partial charge on any atom is 0.262 e. The number of nitrogens with one attached hydrogen (secondary N) is 2. The number of para-hydroxylation sites is 1. The fourth-order valence-corrected chi connectivity index (χ4v) is 3.92. The van der Waals surface area contributed by atoms with Crippen LogP contribution in [0.1, 0.15) is 32.3 Å². The van der Waals surface area contributed by atoms with E-state index in [1.807, 2.05) is 6.92 Å². The van der Waals surface area contributed by atoms with Crippen molar-refractivity contribution in [3.8, 4) is 0 Å². The molecule has 2 rings (SSSR count). The fraction of sp³-hybridized carbons (Fsp3) is 0.316. The van der Waals surface area contributed by atoms with Gasteiger partial charge in [-0.2, -0.15) is 0 Å². The molecule has 0 aliphatic carbocycles. The number of carbonyl (C=O) groups is 1. The molecule has 2 aromatic rings. The summed E-state index contributed by atoms with van der Waals surface area (Å²) in [6.45, 7) is 5.31. The van der Waals surface area contributed by atoms with Gasteiger partial charge in [-0.15, -0.1) is 12.4 Å². The third-order valence-corrected chi connectivity index (χ3v) is 5.57. The van der Waals surface area contributed by atoms with Gasteiger partial charge in [0.25, 0.3) is 10.0 Å². The lowest BCUT2D eigenvalue weighted by atomic mass is 9.96. The van der Waals surface area contributed by atoms with Crippen molar-refractivity contribution >= 4 is 39.7 Å². The molecule has 0 fully saturated rings. The minimum absolute atomic E-state index is 0. The van der Waals surface area contributed by atoms with Crippen LogP contribution in [0.2, 0.25) is 0 Å². The first kappa shape index (κ1) is 23.0. The molecule has 1 atom stereocenters. The first-order valence-electron chi connectivity index (χ1n) is 8.44. The van der Waals surface area contributed by atoms with Gasteiger partial charge in [0.1, 0.15) is 0 Å². The van der Waals surface area contributed by atoms with Crippen LogP contribution in [-0.2, 0) is 14.8 Å². The number of sulfonamides is 1. The molecule has 1 unspecified atom stereocenters. The minimum Gasteiger partial charge on any atom is -0.324 e. The standard InChI is InChI=1S/C19H25N3O3S.ClH/c1-4-12-19(3,20)18(23)21-16-11-10-14(2)17(13-16)26(24,25)22-15-8-6-5-7-9-15;/h5-11,13,22H,4,12,20H2,1-3H3,(H,21,23);1H. The van der Waals surface area contributed by atoms with Gasteiger partial charge in [0.15, 0.2) is 0 Å². The van der Waals surface area contributed by atoms with E-state index in [2.05, 4.69) is 10.0 Å². The highest BCUT2D eigenvalue weighted by Gasteiger charge is 2.27. The molecule has 0 saturated heterocycles. The van der Waals surface area contributed by atoms with Crippen molar-refractivity contribution in [1.29, 1.82) is 0 Å². The SMILES string of the molecule is CCCC(C)(N)C(=O)Nc1ccc(C)c(S(=O)(=O)Nc2ccccc2)c1.Cl. The van der Waals surface area contributed by atoms with Gasteiger partial charge in [0, 0.05) is 11.4 Å². The van der Waals surface area contributed by atoms with Crippen LogP contribution in [0.4, 0.5) is 11.4 Å². The Hall–Kier alpha value is -2.09. The van der Waals surface area contributed by atoms with Crippen molar-refractivity contribution in [1.82, 2.24) is 0 Å². The third kappa shape index (κ3) is 5.95. The van der Waals surface area contributed by atoms with E-state index >= 15 is 0 Å². The summed E-state index contributed by atoms with van der Waals surface area (Å²) in [5, 5.41) is 2.71. The predicted molar refractivity (Wildman–Crippen MR) is 112 cm³/mol. The number of halogens is 1. The van der Waals surface area contributed by atoms with Crippen LogP contribution in [0.15, 0.2) is 53.4 Å². The zero-order chi connectivity index (χ0) is 19.4. The molecule has 0 bridgehead atoms. The molecule has 1 amide bonds. The van der Waals surface area contributed by atoms with Crippen LogP contribution >= 0.6 is 12.4 Å². The van der Waals surface area contributed by atoms with Gasteiger partial charge < -0.3 is 11.1 Å². The molecule has 0 aliphatic rings. The Kier molecular flexibility index (Phi) is 7.83. The first-order valence-corrected chi connectivity index (χ1v) is 9.93. The number of carbonyl (C=O) groups excluding carboxylic acids is 1. The number of aryl methyl sites for hydroxylation is 1. The average molecular weight is 412 g/mol. The summed E-state index contributed by atoms with van der Waals surface area (Å²) in [6, 6.07) is 13.4. The lowest BCUT2D eigenvalue weighted by Crippen LogP contribution is -2.48. The molecule has 0 spiro atoms. The largest absolute Gasteiger partial charge is 0.324 e. The minimum atomic E-state index is -3.78. The normalized spacial score (nSPS) is 13.2. The number of amides is 1. The Bertz CT molecular complexity index is 884. The maximum atomic E-state index is 12.7. The molecule has 0 saturated carbocycles. The van der Waals surface area contributed by atoms with E-state index in [9.17, 15) is 13.2 Å². The van der Waals surface area contributed by atoms with Crippen LogP contribution in [0.5, 0.6) is 0 Å². The number of nitrogens with two attached hydrogens (primary N) is 1. The van der Waals surface area contributed by atoms with E-state index in [0.717, 1.165) is 6.42 Å². The lowest BCUT2D eigenvalue weighted by Gasteiger charge is -2.23. The monoisotopic (exact) mass is 411 g/mol. The van der Waals surface area contributed by atoms with Crippen molar-refractivity contribution in [3.63, 3.8) is 0 Å². The molecule has 148 valence electrons. The smallest absolute Gasteiger partial charge is 0.262 e. The van der Waals surface area contributed by atoms with Gasteiger partial charge in [-0.1, -0.05) is 37.6 Å². The Labute approximate surface area is 167 Å². The number of anilines is 2. The first-order chi connectivity index (χ1) is 12.2. The molecule has 0 aliphatic heterocycles. The number of hydrogen-bond donors (Lipinski definition) is 3. The predicted octanol–water partition coefficient (Wildman–Crippen LogP) is 3.67. The molecule has 6 nitrogen and oxygen atoms in total. The number of benzene rings is 2. The summed E-state index contributed by atoms with van der Waals surface area (Å²) >= 11 is 0. The van der Waals surface area contributed by atoms with Crippen LogP contribution in [0, 0.1) is 6.92 Å². The second-order valence-corrected chi connectivity index (χ2v) is 8.22. The van der Waals surface area contributed by atoms with Crippen LogP contribution < -0.4 is 15.8 Å². The average Bonchev–Trinajstić information content (AvgIpc) is 2.57. The molecular weight excluding hydrogens is 386 g/mol. The van der Waals surface area contributed by atoms with E-state index in [1.165, 1.54) is 6.07 Å². The molecule has 0 radical (unpaired) electrons. The van der Waals surface area contributed by atoms with Crippen LogP contribution in [0.3, 0.4) is 0 Å². The topological polar surface area (TPSA) is 101 Å². The third-order valence-electron chi connectivity index (χ3n) is 4.05. The van der Waals surface area contributed by atoms with E-state index in [-0.39, 0.29) is 23.2 Å². The highest BCUT2D eigenvalue weighted by Crippen LogP contribution is 2.24. The second kappa shape index (κ2) is 9.21. The summed E-state index contributed by atoms with van der Waals surface area (Å²) in [6.07, 6.45) is 1.31. The van der Waals surface area contributed by atoms with Gasteiger partial charge >= 0.3 is 0 Å². The Balaban J connectivity index is 0.00000364.